The number of aliphatic carboxylic acids is 1. The van der Waals surface area contributed by atoms with Crippen molar-refractivity contribution in [1.29, 1.82) is 0 Å². The van der Waals surface area contributed by atoms with Gasteiger partial charge in [-0.2, -0.15) is 0 Å². The van der Waals surface area contributed by atoms with E-state index in [4.69, 9.17) is 9.84 Å². The van der Waals surface area contributed by atoms with Gasteiger partial charge < -0.3 is 20.1 Å². The van der Waals surface area contributed by atoms with E-state index in [1.807, 2.05) is 13.8 Å². The van der Waals surface area contributed by atoms with Crippen molar-refractivity contribution in [2.45, 2.75) is 58.3 Å². The Hall–Kier alpha value is -1.63. The zero-order valence-electron chi connectivity index (χ0n) is 12.8. The fraction of sp³-hybridized carbons (Fsp3) is 0.786. The van der Waals surface area contributed by atoms with Crippen LogP contribution in [0.25, 0.3) is 0 Å². The van der Waals surface area contributed by atoms with Crippen molar-refractivity contribution in [2.24, 2.45) is 0 Å². The van der Waals surface area contributed by atoms with E-state index in [2.05, 4.69) is 5.32 Å². The van der Waals surface area contributed by atoms with E-state index >= 15 is 0 Å². The Labute approximate surface area is 124 Å². The summed E-state index contributed by atoms with van der Waals surface area (Å²) in [6.07, 6.45) is -0.271. The van der Waals surface area contributed by atoms with Crippen LogP contribution in [0.5, 0.6) is 0 Å². The van der Waals surface area contributed by atoms with Crippen LogP contribution in [0.4, 0.5) is 0 Å². The molecule has 0 spiro atoms. The van der Waals surface area contributed by atoms with Crippen LogP contribution in [-0.4, -0.2) is 59.1 Å². The van der Waals surface area contributed by atoms with Crippen LogP contribution in [-0.2, 0) is 19.1 Å². The summed E-state index contributed by atoms with van der Waals surface area (Å²) in [7, 11) is 0. The van der Waals surface area contributed by atoms with Gasteiger partial charge in [0.05, 0.1) is 12.6 Å². The highest BCUT2D eigenvalue weighted by atomic mass is 16.5. The molecule has 0 aliphatic carbocycles. The molecule has 1 aliphatic heterocycles. The predicted octanol–water partition coefficient (Wildman–Crippen LogP) is 0.382. The largest absolute Gasteiger partial charge is 0.479 e. The second kappa shape index (κ2) is 7.97. The fourth-order valence-electron chi connectivity index (χ4n) is 2.24. The van der Waals surface area contributed by atoms with Gasteiger partial charge in [0.2, 0.25) is 11.8 Å². The Morgan fingerprint density at radius 2 is 1.95 bits per heavy atom. The minimum absolute atomic E-state index is 0.0662. The Bertz CT molecular complexity index is 397. The number of nitrogens with zero attached hydrogens (tertiary/aromatic N) is 1. The van der Waals surface area contributed by atoms with E-state index in [1.165, 1.54) is 4.90 Å². The lowest BCUT2D eigenvalue weighted by Crippen LogP contribution is -2.51. The summed E-state index contributed by atoms with van der Waals surface area (Å²) in [6, 6.07) is 0.0876. The van der Waals surface area contributed by atoms with Crippen molar-refractivity contribution in [1.82, 2.24) is 10.2 Å². The number of carbonyl (C=O) groups is 3. The molecule has 2 amide bonds. The number of carboxylic acid groups (broad SMARTS) is 1. The molecule has 1 fully saturated rings. The van der Waals surface area contributed by atoms with Crippen LogP contribution >= 0.6 is 0 Å². The molecule has 2 N–H and O–H groups in total. The van der Waals surface area contributed by atoms with Gasteiger partial charge in [-0.3, -0.25) is 9.59 Å². The average molecular weight is 300 g/mol. The third-order valence-electron chi connectivity index (χ3n) is 3.13. The Morgan fingerprint density at radius 3 is 2.52 bits per heavy atom. The van der Waals surface area contributed by atoms with Crippen LogP contribution < -0.4 is 5.32 Å². The minimum atomic E-state index is -1.06. The molecule has 0 aromatic heterocycles. The van der Waals surface area contributed by atoms with Crippen molar-refractivity contribution in [3.8, 4) is 0 Å². The number of morpholine rings is 1. The summed E-state index contributed by atoms with van der Waals surface area (Å²) in [5.74, 6) is -1.26. The molecular formula is C14H24N2O5. The highest BCUT2D eigenvalue weighted by molar-refractivity contribution is 5.80. The first-order valence-corrected chi connectivity index (χ1v) is 7.25. The normalized spacial score (nSPS) is 22.2. The molecule has 1 rings (SSSR count). The minimum Gasteiger partial charge on any atom is -0.479 e. The lowest BCUT2D eigenvalue weighted by atomic mass is 10.1. The van der Waals surface area contributed by atoms with Crippen molar-refractivity contribution < 1.29 is 24.2 Å². The molecule has 120 valence electrons. The number of ether oxygens (including phenoxy) is 1. The fourth-order valence-corrected chi connectivity index (χ4v) is 2.24. The van der Waals surface area contributed by atoms with Gasteiger partial charge in [0, 0.05) is 25.4 Å². The SMILES string of the molecule is CC(C)NC(=O)CCCC(=O)N1CC(C(=O)O)O[C@H](C)C1. The lowest BCUT2D eigenvalue weighted by molar-refractivity contribution is -0.166. The third-order valence-corrected chi connectivity index (χ3v) is 3.13. The van der Waals surface area contributed by atoms with E-state index in [0.717, 1.165) is 0 Å². The molecule has 1 heterocycles. The Balaban J connectivity index is 2.37. The summed E-state index contributed by atoms with van der Waals surface area (Å²) < 4.78 is 5.26. The molecule has 1 aliphatic rings. The monoisotopic (exact) mass is 300 g/mol. The van der Waals surface area contributed by atoms with Gasteiger partial charge in [-0.05, 0) is 27.2 Å². The van der Waals surface area contributed by atoms with Crippen LogP contribution in [0.3, 0.4) is 0 Å². The number of amides is 2. The molecule has 7 nitrogen and oxygen atoms in total. The Morgan fingerprint density at radius 1 is 1.29 bits per heavy atom. The number of carbonyl (C=O) groups excluding carboxylic acids is 2. The molecule has 0 aromatic rings. The molecule has 1 unspecified atom stereocenters. The summed E-state index contributed by atoms with van der Waals surface area (Å²) in [6.45, 7) is 5.96. The van der Waals surface area contributed by atoms with E-state index in [0.29, 0.717) is 19.4 Å². The zero-order valence-corrected chi connectivity index (χ0v) is 12.8. The maximum Gasteiger partial charge on any atom is 0.334 e. The number of carboxylic acids is 1. The molecule has 7 heteroatoms. The van der Waals surface area contributed by atoms with Gasteiger partial charge in [0.15, 0.2) is 6.10 Å². The average Bonchev–Trinajstić information content (AvgIpc) is 2.36. The third kappa shape index (κ3) is 6.12. The summed E-state index contributed by atoms with van der Waals surface area (Å²) in [4.78, 5) is 36.0. The van der Waals surface area contributed by atoms with Crippen molar-refractivity contribution in [3.63, 3.8) is 0 Å². The summed E-state index contributed by atoms with van der Waals surface area (Å²) >= 11 is 0. The predicted molar refractivity (Wildman–Crippen MR) is 75.7 cm³/mol. The van der Waals surface area contributed by atoms with Crippen molar-refractivity contribution >= 4 is 17.8 Å². The van der Waals surface area contributed by atoms with E-state index < -0.39 is 12.1 Å². The molecule has 0 aromatic carbocycles. The maximum absolute atomic E-state index is 12.1. The zero-order chi connectivity index (χ0) is 16.0. The molecular weight excluding hydrogens is 276 g/mol. The second-order valence-corrected chi connectivity index (χ2v) is 5.65. The topological polar surface area (TPSA) is 95.9 Å². The van der Waals surface area contributed by atoms with Crippen molar-refractivity contribution in [2.75, 3.05) is 13.1 Å². The molecule has 1 saturated heterocycles. The first kappa shape index (κ1) is 17.4. The molecule has 21 heavy (non-hydrogen) atoms. The number of hydrogen-bond donors (Lipinski definition) is 2. The highest BCUT2D eigenvalue weighted by Crippen LogP contribution is 2.13. The standard InChI is InChI=1S/C14H24N2O5/c1-9(2)15-12(17)5-4-6-13(18)16-7-10(3)21-11(8-16)14(19)20/h9-11H,4-8H2,1-3H3,(H,15,17)(H,19,20)/t10-,11?/m1/s1. The molecule has 2 atom stereocenters. The van der Waals surface area contributed by atoms with Gasteiger partial charge in [0.25, 0.3) is 0 Å². The number of hydrogen-bond acceptors (Lipinski definition) is 4. The Kier molecular flexibility index (Phi) is 6.61. The lowest BCUT2D eigenvalue weighted by Gasteiger charge is -2.35. The van der Waals surface area contributed by atoms with Gasteiger partial charge in [-0.25, -0.2) is 4.79 Å². The van der Waals surface area contributed by atoms with Crippen LogP contribution in [0.1, 0.15) is 40.0 Å². The maximum atomic E-state index is 12.1. The summed E-state index contributed by atoms with van der Waals surface area (Å²) in [5, 5.41) is 11.7. The molecule has 0 radical (unpaired) electrons. The first-order valence-electron chi connectivity index (χ1n) is 7.25. The van der Waals surface area contributed by atoms with Gasteiger partial charge in [-0.15, -0.1) is 0 Å². The quantitative estimate of drug-likeness (QED) is 0.739. The van der Waals surface area contributed by atoms with Crippen LogP contribution in [0.15, 0.2) is 0 Å². The molecule has 0 bridgehead atoms. The van der Waals surface area contributed by atoms with Gasteiger partial charge in [-0.1, -0.05) is 0 Å². The van der Waals surface area contributed by atoms with E-state index in [-0.39, 0.29) is 36.9 Å². The number of nitrogens with one attached hydrogen (secondary N) is 1. The molecule has 0 saturated carbocycles. The van der Waals surface area contributed by atoms with Crippen molar-refractivity contribution in [3.05, 3.63) is 0 Å². The summed E-state index contributed by atoms with van der Waals surface area (Å²) in [5.41, 5.74) is 0. The number of rotatable bonds is 6. The van der Waals surface area contributed by atoms with Gasteiger partial charge in [0.1, 0.15) is 0 Å². The van der Waals surface area contributed by atoms with E-state index in [9.17, 15) is 14.4 Å². The first-order chi connectivity index (χ1) is 9.79. The van der Waals surface area contributed by atoms with Crippen LogP contribution in [0, 0.1) is 0 Å². The second-order valence-electron chi connectivity index (χ2n) is 5.65. The van der Waals surface area contributed by atoms with E-state index in [1.54, 1.807) is 6.92 Å². The van der Waals surface area contributed by atoms with Crippen LogP contribution in [0.2, 0.25) is 0 Å². The highest BCUT2D eigenvalue weighted by Gasteiger charge is 2.32. The smallest absolute Gasteiger partial charge is 0.334 e. The van der Waals surface area contributed by atoms with Gasteiger partial charge >= 0.3 is 5.97 Å².